The molecule has 1 aromatic heterocycles. The van der Waals surface area contributed by atoms with Crippen LogP contribution in [0.2, 0.25) is 5.02 Å². The van der Waals surface area contributed by atoms with Crippen LogP contribution in [0.4, 0.5) is 4.39 Å². The summed E-state index contributed by atoms with van der Waals surface area (Å²) in [5, 5.41) is 2.93. The molecule has 2 aromatic carbocycles. The number of fused-ring (bicyclic) bond motifs is 1. The Morgan fingerprint density at radius 1 is 1.27 bits per heavy atom. The Balaban J connectivity index is 1.52. The number of halogens is 2. The summed E-state index contributed by atoms with van der Waals surface area (Å²) in [6.07, 6.45) is 6.76. The molecule has 2 atom stereocenters. The normalized spacial score (nSPS) is 21.1. The zero-order valence-corrected chi connectivity index (χ0v) is 21.1. The van der Waals surface area contributed by atoms with Crippen molar-refractivity contribution in [2.45, 2.75) is 41.7 Å². The minimum Gasteiger partial charge on any atom is -0.378 e. The Labute approximate surface area is 217 Å². The molecule has 0 radical (unpaired) electrons. The van der Waals surface area contributed by atoms with Crippen molar-refractivity contribution in [2.24, 2.45) is 4.99 Å². The molecule has 5 rings (SSSR count). The Hall–Kier alpha value is -3.34. The van der Waals surface area contributed by atoms with E-state index in [1.54, 1.807) is 24.3 Å². The van der Waals surface area contributed by atoms with E-state index >= 15 is 0 Å². The number of allylic oxidation sites excluding steroid dienone is 1. The first-order chi connectivity index (χ1) is 17.7. The van der Waals surface area contributed by atoms with Crippen LogP contribution in [0.15, 0.2) is 69.4 Å². The summed E-state index contributed by atoms with van der Waals surface area (Å²) in [5.41, 5.74) is -0.404. The number of aromatic amines is 1. The minimum absolute atomic E-state index is 0.0652. The van der Waals surface area contributed by atoms with Gasteiger partial charge in [0.25, 0.3) is 5.91 Å². The molecule has 8 nitrogen and oxygen atoms in total. The Morgan fingerprint density at radius 3 is 2.73 bits per heavy atom. The van der Waals surface area contributed by atoms with Crippen LogP contribution in [0, 0.1) is 5.82 Å². The SMILES string of the molecule is O=C(NCc1ccc(Cl)cc1)c1c[nH]c2c(S(=O)(=O)C3(CC4CCCO4)C=CC=N3)cc(F)cc2c1=O. The maximum absolute atomic E-state index is 14.7. The first-order valence-electron chi connectivity index (χ1n) is 11.7. The molecule has 37 heavy (non-hydrogen) atoms. The lowest BCUT2D eigenvalue weighted by Gasteiger charge is -2.27. The highest BCUT2D eigenvalue weighted by molar-refractivity contribution is 7.93. The van der Waals surface area contributed by atoms with Crippen LogP contribution in [0.25, 0.3) is 10.9 Å². The number of rotatable bonds is 7. The molecule has 1 saturated heterocycles. The smallest absolute Gasteiger partial charge is 0.257 e. The van der Waals surface area contributed by atoms with Gasteiger partial charge < -0.3 is 15.0 Å². The van der Waals surface area contributed by atoms with Gasteiger partial charge in [-0.2, -0.15) is 0 Å². The molecule has 2 N–H and O–H groups in total. The molecule has 2 aliphatic rings. The zero-order valence-electron chi connectivity index (χ0n) is 19.5. The van der Waals surface area contributed by atoms with E-state index in [-0.39, 0.29) is 35.5 Å². The molecule has 0 spiro atoms. The number of aromatic nitrogens is 1. The van der Waals surface area contributed by atoms with Gasteiger partial charge in [0, 0.05) is 37.0 Å². The second-order valence-electron chi connectivity index (χ2n) is 8.99. The van der Waals surface area contributed by atoms with Crippen molar-refractivity contribution in [2.75, 3.05) is 6.61 Å². The molecule has 0 bridgehead atoms. The number of aliphatic imine (C=N–C) groups is 1. The van der Waals surface area contributed by atoms with Crippen LogP contribution in [-0.4, -0.2) is 43.1 Å². The van der Waals surface area contributed by atoms with Crippen LogP contribution >= 0.6 is 11.6 Å². The topological polar surface area (TPSA) is 118 Å². The van der Waals surface area contributed by atoms with Gasteiger partial charge in [0.2, 0.25) is 15.3 Å². The number of hydrogen-bond donors (Lipinski definition) is 2. The largest absolute Gasteiger partial charge is 0.378 e. The average molecular weight is 544 g/mol. The van der Waals surface area contributed by atoms with Gasteiger partial charge in [-0.05, 0) is 54.8 Å². The van der Waals surface area contributed by atoms with E-state index in [0.717, 1.165) is 30.3 Å². The lowest BCUT2D eigenvalue weighted by atomic mass is 10.1. The van der Waals surface area contributed by atoms with E-state index in [1.807, 2.05) is 0 Å². The summed E-state index contributed by atoms with van der Waals surface area (Å²) in [5.74, 6) is -1.61. The van der Waals surface area contributed by atoms with Crippen molar-refractivity contribution in [1.29, 1.82) is 0 Å². The number of nitrogens with zero attached hydrogens (tertiary/aromatic N) is 1. The van der Waals surface area contributed by atoms with Crippen LogP contribution in [-0.2, 0) is 21.1 Å². The number of carbonyl (C=O) groups is 1. The summed E-state index contributed by atoms with van der Waals surface area (Å²) in [6, 6.07) is 8.59. The molecule has 3 heterocycles. The molecule has 0 saturated carbocycles. The Kier molecular flexibility index (Phi) is 6.74. The van der Waals surface area contributed by atoms with Crippen molar-refractivity contribution >= 4 is 44.5 Å². The molecule has 2 unspecified atom stereocenters. The molecule has 0 aliphatic carbocycles. The van der Waals surface area contributed by atoms with Gasteiger partial charge in [0.05, 0.1) is 21.9 Å². The zero-order chi connectivity index (χ0) is 26.2. The summed E-state index contributed by atoms with van der Waals surface area (Å²) >= 11 is 5.87. The standard InChI is InChI=1S/C26H23ClFN3O5S/c27-17-6-4-16(5-7-17)14-30-25(33)21-15-29-23-20(24(21)32)11-18(28)12-22(23)37(34,35)26(8-2-9-31-26)13-19-3-1-10-36-19/h2,4-9,11-12,15,19H,1,3,10,13-14H2,(H,29,32)(H,30,33). The van der Waals surface area contributed by atoms with E-state index in [9.17, 15) is 22.4 Å². The highest BCUT2D eigenvalue weighted by Crippen LogP contribution is 2.39. The highest BCUT2D eigenvalue weighted by atomic mass is 35.5. The number of hydrogen-bond acceptors (Lipinski definition) is 6. The van der Waals surface area contributed by atoms with E-state index < -0.39 is 36.8 Å². The summed E-state index contributed by atoms with van der Waals surface area (Å²) in [6.45, 7) is 0.666. The van der Waals surface area contributed by atoms with Gasteiger partial charge in [-0.25, -0.2) is 12.8 Å². The Bertz CT molecular complexity index is 1580. The van der Waals surface area contributed by atoms with Gasteiger partial charge in [-0.3, -0.25) is 14.6 Å². The van der Waals surface area contributed by atoms with Crippen molar-refractivity contribution in [3.63, 3.8) is 0 Å². The maximum Gasteiger partial charge on any atom is 0.257 e. The number of H-pyrrole nitrogens is 1. The summed E-state index contributed by atoms with van der Waals surface area (Å²) in [7, 11) is -4.32. The maximum atomic E-state index is 14.7. The van der Waals surface area contributed by atoms with Crippen molar-refractivity contribution in [1.82, 2.24) is 10.3 Å². The first kappa shape index (κ1) is 25.3. The van der Waals surface area contributed by atoms with Gasteiger partial charge in [-0.1, -0.05) is 23.7 Å². The highest BCUT2D eigenvalue weighted by Gasteiger charge is 2.47. The molecule has 1 fully saturated rings. The van der Waals surface area contributed by atoms with Gasteiger partial charge in [0.15, 0.2) is 4.87 Å². The molecule has 192 valence electrons. The number of sulfone groups is 1. The monoisotopic (exact) mass is 543 g/mol. The number of pyridine rings is 1. The molecule has 11 heteroatoms. The van der Waals surface area contributed by atoms with Gasteiger partial charge >= 0.3 is 0 Å². The molecule has 3 aromatic rings. The molecule has 2 aliphatic heterocycles. The van der Waals surface area contributed by atoms with Crippen LogP contribution in [0.3, 0.4) is 0 Å². The fourth-order valence-electron chi connectivity index (χ4n) is 4.64. The predicted molar refractivity (Wildman–Crippen MR) is 138 cm³/mol. The predicted octanol–water partition coefficient (Wildman–Crippen LogP) is 3.93. The van der Waals surface area contributed by atoms with E-state index in [1.165, 1.54) is 18.4 Å². The summed E-state index contributed by atoms with van der Waals surface area (Å²) < 4.78 is 48.2. The van der Waals surface area contributed by atoms with E-state index in [4.69, 9.17) is 16.3 Å². The van der Waals surface area contributed by atoms with Crippen LogP contribution < -0.4 is 10.7 Å². The minimum atomic E-state index is -4.32. The third kappa shape index (κ3) is 4.72. The third-order valence-corrected chi connectivity index (χ3v) is 9.05. The third-order valence-electron chi connectivity index (χ3n) is 6.56. The van der Waals surface area contributed by atoms with Crippen molar-refractivity contribution < 1.29 is 22.3 Å². The number of nitrogens with one attached hydrogen (secondary N) is 2. The molecular weight excluding hydrogens is 521 g/mol. The van der Waals surface area contributed by atoms with Gasteiger partial charge in [0.1, 0.15) is 11.4 Å². The first-order valence-corrected chi connectivity index (χ1v) is 13.5. The van der Waals surface area contributed by atoms with E-state index in [0.29, 0.717) is 18.1 Å². The fourth-order valence-corrected chi connectivity index (χ4v) is 6.72. The molecular formula is C26H23ClFN3O5S. The second kappa shape index (κ2) is 9.85. The molecule has 1 amide bonds. The number of carbonyl (C=O) groups excluding carboxylic acids is 1. The van der Waals surface area contributed by atoms with Gasteiger partial charge in [-0.15, -0.1) is 0 Å². The number of ether oxygens (including phenoxy) is 1. The van der Waals surface area contributed by atoms with Crippen molar-refractivity contribution in [3.8, 4) is 0 Å². The van der Waals surface area contributed by atoms with Crippen molar-refractivity contribution in [3.05, 3.63) is 86.9 Å². The second-order valence-corrected chi connectivity index (χ2v) is 11.6. The average Bonchev–Trinajstić information content (AvgIpc) is 3.57. The quantitative estimate of drug-likeness (QED) is 0.468. The lowest BCUT2D eigenvalue weighted by Crippen LogP contribution is -2.37. The summed E-state index contributed by atoms with van der Waals surface area (Å²) in [4.78, 5) is 30.9. The lowest BCUT2D eigenvalue weighted by molar-refractivity contribution is 0.0949. The van der Waals surface area contributed by atoms with Crippen LogP contribution in [0.1, 0.15) is 35.2 Å². The number of amides is 1. The Morgan fingerprint density at radius 2 is 2.05 bits per heavy atom. The number of benzene rings is 2. The van der Waals surface area contributed by atoms with Crippen LogP contribution in [0.5, 0.6) is 0 Å². The van der Waals surface area contributed by atoms with E-state index in [2.05, 4.69) is 15.3 Å². The fraction of sp³-hybridized carbons (Fsp3) is 0.269.